The van der Waals surface area contributed by atoms with Crippen LogP contribution in [-0.2, 0) is 9.59 Å². The van der Waals surface area contributed by atoms with E-state index < -0.39 is 10.8 Å². The van der Waals surface area contributed by atoms with E-state index in [9.17, 15) is 20.1 Å². The van der Waals surface area contributed by atoms with Gasteiger partial charge in [0.2, 0.25) is 0 Å². The van der Waals surface area contributed by atoms with E-state index in [0.717, 1.165) is 31.3 Å². The van der Waals surface area contributed by atoms with E-state index in [1.165, 1.54) is 12.2 Å². The molecule has 0 saturated heterocycles. The molecule has 3 atom stereocenters. The third kappa shape index (κ3) is 1.46. The molecule has 3 aliphatic rings. The van der Waals surface area contributed by atoms with Crippen molar-refractivity contribution in [3.8, 4) is 12.1 Å². The van der Waals surface area contributed by atoms with Gasteiger partial charge in [0.1, 0.15) is 22.7 Å². The summed E-state index contributed by atoms with van der Waals surface area (Å²) in [7, 11) is 0. The van der Waals surface area contributed by atoms with Gasteiger partial charge in [-0.3, -0.25) is 0 Å². The van der Waals surface area contributed by atoms with Gasteiger partial charge in [-0.15, -0.1) is 0 Å². The molecular formula is C18H14N2O2. The largest absolute Gasteiger partial charge is 0.233 e. The summed E-state index contributed by atoms with van der Waals surface area (Å²) in [5.74, 6) is 3.49. The topological polar surface area (TPSA) is 81.7 Å². The summed E-state index contributed by atoms with van der Waals surface area (Å²) in [5, 5.41) is 19.9. The molecule has 0 spiro atoms. The van der Waals surface area contributed by atoms with Crippen LogP contribution in [0, 0.1) is 39.4 Å². The molecule has 0 bridgehead atoms. The molecule has 3 rings (SSSR count). The molecule has 3 unspecified atom stereocenters. The van der Waals surface area contributed by atoms with Crippen LogP contribution in [0.4, 0.5) is 0 Å². The van der Waals surface area contributed by atoms with E-state index in [1.54, 1.807) is 0 Å². The van der Waals surface area contributed by atoms with Gasteiger partial charge < -0.3 is 0 Å². The number of fused-ring (bicyclic) bond motifs is 3. The molecule has 0 aromatic rings. The first kappa shape index (κ1) is 14.3. The molecule has 0 N–H and O–H groups in total. The van der Waals surface area contributed by atoms with Gasteiger partial charge in [0.25, 0.3) is 0 Å². The summed E-state index contributed by atoms with van der Waals surface area (Å²) < 4.78 is 0. The Labute approximate surface area is 128 Å². The van der Waals surface area contributed by atoms with Gasteiger partial charge in [0, 0.05) is 5.92 Å². The van der Waals surface area contributed by atoms with Crippen molar-refractivity contribution in [1.82, 2.24) is 0 Å². The predicted molar refractivity (Wildman–Crippen MR) is 78.3 cm³/mol. The molecular weight excluding hydrogens is 276 g/mol. The third-order valence-electron chi connectivity index (χ3n) is 5.41. The summed E-state index contributed by atoms with van der Waals surface area (Å²) in [6, 6.07) is 4.45. The standard InChI is InChI=1S/C18H14N2O2/c19-11-17-8-7-13-3-1-2-4-16(13)18(17,12-20)15(10-22)6-5-14(17)9-21/h5-7,16H,1-4,8H2. The monoisotopic (exact) mass is 290 g/mol. The van der Waals surface area contributed by atoms with Gasteiger partial charge in [-0.25, -0.2) is 9.59 Å². The minimum Gasteiger partial charge on any atom is -0.233 e. The summed E-state index contributed by atoms with van der Waals surface area (Å²) in [6.45, 7) is 0. The summed E-state index contributed by atoms with van der Waals surface area (Å²) >= 11 is 0. The lowest BCUT2D eigenvalue weighted by atomic mass is 9.45. The maximum Gasteiger partial charge on any atom is 0.129 e. The fourth-order valence-electron chi connectivity index (χ4n) is 4.36. The van der Waals surface area contributed by atoms with Gasteiger partial charge in [-0.2, -0.15) is 10.5 Å². The number of hydrogen-bond acceptors (Lipinski definition) is 4. The molecule has 1 saturated carbocycles. The molecule has 1 fully saturated rings. The quantitative estimate of drug-likeness (QED) is 0.507. The lowest BCUT2D eigenvalue weighted by Crippen LogP contribution is -2.52. The number of nitriles is 2. The molecule has 0 radical (unpaired) electrons. The average molecular weight is 290 g/mol. The first-order valence-electron chi connectivity index (χ1n) is 7.41. The predicted octanol–water partition coefficient (Wildman–Crippen LogP) is 2.61. The molecule has 0 heterocycles. The van der Waals surface area contributed by atoms with E-state index in [1.807, 2.05) is 18.0 Å². The minimum absolute atomic E-state index is 0.163. The normalized spacial score (nSPS) is 35.9. The van der Waals surface area contributed by atoms with Crippen molar-refractivity contribution in [1.29, 1.82) is 10.5 Å². The highest BCUT2D eigenvalue weighted by molar-refractivity contribution is 5.75. The SMILES string of the molecule is N#CC12CC=C3CCCCC3C1(C#N)C(=C=O)C=CC2=C=O. The molecule has 108 valence electrons. The van der Waals surface area contributed by atoms with E-state index >= 15 is 0 Å². The Kier molecular flexibility index (Phi) is 3.23. The minimum atomic E-state index is -1.34. The van der Waals surface area contributed by atoms with Gasteiger partial charge in [-0.1, -0.05) is 18.1 Å². The van der Waals surface area contributed by atoms with Gasteiger partial charge in [0.05, 0.1) is 23.3 Å². The smallest absolute Gasteiger partial charge is 0.129 e. The number of nitrogens with zero attached hydrogens (tertiary/aromatic N) is 2. The van der Waals surface area contributed by atoms with E-state index in [0.29, 0.717) is 0 Å². The number of hydrogen-bond donors (Lipinski definition) is 0. The molecule has 3 aliphatic carbocycles. The van der Waals surface area contributed by atoms with Crippen molar-refractivity contribution in [3.05, 3.63) is 34.9 Å². The fourth-order valence-corrected chi connectivity index (χ4v) is 4.36. The Morgan fingerprint density at radius 1 is 1.05 bits per heavy atom. The van der Waals surface area contributed by atoms with Crippen molar-refractivity contribution in [2.24, 2.45) is 16.7 Å². The highest BCUT2D eigenvalue weighted by Crippen LogP contribution is 2.64. The fraction of sp³-hybridized carbons (Fsp3) is 0.444. The Balaban J connectivity index is 2.40. The van der Waals surface area contributed by atoms with Crippen LogP contribution in [-0.4, -0.2) is 11.9 Å². The molecule has 0 aromatic carbocycles. The second-order valence-corrected chi connectivity index (χ2v) is 6.08. The highest BCUT2D eigenvalue weighted by atomic mass is 16.1. The lowest BCUT2D eigenvalue weighted by Gasteiger charge is -2.52. The van der Waals surface area contributed by atoms with Crippen LogP contribution < -0.4 is 0 Å². The van der Waals surface area contributed by atoms with Crippen molar-refractivity contribution >= 4 is 11.9 Å². The second-order valence-electron chi connectivity index (χ2n) is 6.08. The van der Waals surface area contributed by atoms with Crippen molar-refractivity contribution in [3.63, 3.8) is 0 Å². The number of rotatable bonds is 0. The van der Waals surface area contributed by atoms with Crippen LogP contribution in [0.1, 0.15) is 32.1 Å². The summed E-state index contributed by atoms with van der Waals surface area (Å²) in [5.41, 5.74) is -1.18. The second kappa shape index (κ2) is 4.97. The zero-order valence-electron chi connectivity index (χ0n) is 12.1. The first-order valence-corrected chi connectivity index (χ1v) is 7.41. The van der Waals surface area contributed by atoms with Crippen LogP contribution in [0.5, 0.6) is 0 Å². The zero-order valence-corrected chi connectivity index (χ0v) is 12.1. The Hall–Kier alpha value is -2.64. The Bertz CT molecular complexity index is 779. The molecule has 0 aliphatic heterocycles. The molecule has 4 nitrogen and oxygen atoms in total. The van der Waals surface area contributed by atoms with E-state index in [2.05, 4.69) is 12.1 Å². The number of allylic oxidation sites excluding steroid dienone is 6. The van der Waals surface area contributed by atoms with Crippen LogP contribution in [0.25, 0.3) is 0 Å². The maximum absolute atomic E-state index is 11.5. The summed E-state index contributed by atoms with van der Waals surface area (Å²) in [6.07, 6.45) is 8.78. The first-order chi connectivity index (χ1) is 10.7. The molecule has 0 aromatic heterocycles. The van der Waals surface area contributed by atoms with Crippen LogP contribution in [0.2, 0.25) is 0 Å². The van der Waals surface area contributed by atoms with Crippen LogP contribution in [0.3, 0.4) is 0 Å². The van der Waals surface area contributed by atoms with Crippen LogP contribution >= 0.6 is 0 Å². The van der Waals surface area contributed by atoms with Crippen molar-refractivity contribution in [2.45, 2.75) is 32.1 Å². The highest BCUT2D eigenvalue weighted by Gasteiger charge is 2.64. The summed E-state index contributed by atoms with van der Waals surface area (Å²) in [4.78, 5) is 22.9. The Morgan fingerprint density at radius 3 is 2.41 bits per heavy atom. The zero-order chi connectivity index (χ0) is 15.8. The van der Waals surface area contributed by atoms with E-state index in [-0.39, 0.29) is 23.5 Å². The van der Waals surface area contributed by atoms with E-state index in [4.69, 9.17) is 0 Å². The van der Waals surface area contributed by atoms with Gasteiger partial charge >= 0.3 is 0 Å². The van der Waals surface area contributed by atoms with Crippen molar-refractivity contribution < 1.29 is 9.59 Å². The third-order valence-corrected chi connectivity index (χ3v) is 5.41. The molecule has 0 amide bonds. The van der Waals surface area contributed by atoms with Crippen LogP contribution in [0.15, 0.2) is 34.9 Å². The van der Waals surface area contributed by atoms with Crippen molar-refractivity contribution in [2.75, 3.05) is 0 Å². The van der Waals surface area contributed by atoms with Gasteiger partial charge in [-0.05, 0) is 37.8 Å². The van der Waals surface area contributed by atoms with Gasteiger partial charge in [0.15, 0.2) is 0 Å². The maximum atomic E-state index is 11.5. The Morgan fingerprint density at radius 2 is 1.77 bits per heavy atom. The average Bonchev–Trinajstić information content (AvgIpc) is 2.59. The molecule has 22 heavy (non-hydrogen) atoms. The number of carbonyl (C=O) groups excluding carboxylic acids is 2. The lowest BCUT2D eigenvalue weighted by molar-refractivity contribution is 0.141. The molecule has 4 heteroatoms.